The van der Waals surface area contributed by atoms with Gasteiger partial charge in [0.1, 0.15) is 6.26 Å². The summed E-state index contributed by atoms with van der Waals surface area (Å²) in [5.41, 5.74) is 1.08. The van der Waals surface area contributed by atoms with Crippen molar-refractivity contribution >= 4 is 5.97 Å². The Morgan fingerprint density at radius 2 is 2.29 bits per heavy atom. The molecule has 0 aliphatic heterocycles. The molecule has 0 radical (unpaired) electrons. The third-order valence-electron chi connectivity index (χ3n) is 2.81. The first-order valence-corrected chi connectivity index (χ1v) is 5.80. The Hall–Kier alpha value is -1.36. The van der Waals surface area contributed by atoms with Crippen molar-refractivity contribution in [1.29, 1.82) is 0 Å². The van der Waals surface area contributed by atoms with Gasteiger partial charge in [-0.2, -0.15) is 0 Å². The predicted molar refractivity (Wildman–Crippen MR) is 63.5 cm³/mol. The third-order valence-corrected chi connectivity index (χ3v) is 2.81. The van der Waals surface area contributed by atoms with E-state index in [4.69, 9.17) is 9.63 Å². The number of carboxylic acid groups (broad SMARTS) is 1. The molecule has 0 bridgehead atoms. The third kappa shape index (κ3) is 6.06. The molecule has 0 unspecified atom stereocenters. The van der Waals surface area contributed by atoms with Crippen LogP contribution in [0.4, 0.5) is 0 Å². The van der Waals surface area contributed by atoms with Gasteiger partial charge in [-0.25, -0.2) is 0 Å². The molecule has 5 heteroatoms. The summed E-state index contributed by atoms with van der Waals surface area (Å²) in [4.78, 5) is 10.5. The first-order valence-electron chi connectivity index (χ1n) is 5.80. The first kappa shape index (κ1) is 13.7. The fourth-order valence-electron chi connectivity index (χ4n) is 1.54. The van der Waals surface area contributed by atoms with Gasteiger partial charge in [-0.1, -0.05) is 19.0 Å². The number of aromatic nitrogens is 1. The molecular weight excluding hydrogens is 220 g/mol. The molecule has 1 rings (SSSR count). The normalized spacial score (nSPS) is 11.6. The lowest BCUT2D eigenvalue weighted by Gasteiger charge is -2.23. The van der Waals surface area contributed by atoms with Crippen LogP contribution < -0.4 is 5.32 Å². The van der Waals surface area contributed by atoms with E-state index in [1.807, 2.05) is 0 Å². The number of carboxylic acids is 1. The van der Waals surface area contributed by atoms with E-state index in [1.165, 1.54) is 0 Å². The minimum absolute atomic E-state index is 0.0556. The lowest BCUT2D eigenvalue weighted by atomic mass is 9.84. The van der Waals surface area contributed by atoms with Crippen LogP contribution in [0, 0.1) is 5.41 Å². The van der Waals surface area contributed by atoms with Crippen molar-refractivity contribution in [1.82, 2.24) is 10.5 Å². The van der Waals surface area contributed by atoms with Gasteiger partial charge in [0.15, 0.2) is 0 Å². The highest BCUT2D eigenvalue weighted by atomic mass is 16.5. The summed E-state index contributed by atoms with van der Waals surface area (Å²) in [5.74, 6) is -0.726. The molecule has 0 spiro atoms. The maximum atomic E-state index is 10.5. The standard InChI is InChI=1S/C12H20N2O3/c1-12(2,4-3-11(15)16)5-6-13-7-10-8-14-17-9-10/h8-9,13H,3-7H2,1-2H3,(H,15,16). The zero-order valence-electron chi connectivity index (χ0n) is 10.4. The maximum absolute atomic E-state index is 10.5. The molecule has 0 saturated carbocycles. The molecule has 1 heterocycles. The number of nitrogens with zero attached hydrogens (tertiary/aromatic N) is 1. The summed E-state index contributed by atoms with van der Waals surface area (Å²) in [6.07, 6.45) is 5.19. The van der Waals surface area contributed by atoms with Crippen molar-refractivity contribution in [3.63, 3.8) is 0 Å². The van der Waals surface area contributed by atoms with Crippen LogP contribution in [0.25, 0.3) is 0 Å². The topological polar surface area (TPSA) is 75.4 Å². The first-order chi connectivity index (χ1) is 7.99. The van der Waals surface area contributed by atoms with E-state index in [0.29, 0.717) is 6.42 Å². The minimum Gasteiger partial charge on any atom is -0.481 e. The lowest BCUT2D eigenvalue weighted by Crippen LogP contribution is -2.22. The Balaban J connectivity index is 2.14. The number of hydrogen-bond donors (Lipinski definition) is 2. The van der Waals surface area contributed by atoms with Gasteiger partial charge in [0, 0.05) is 18.5 Å². The summed E-state index contributed by atoms with van der Waals surface area (Å²) in [6.45, 7) is 5.78. The van der Waals surface area contributed by atoms with Gasteiger partial charge >= 0.3 is 5.97 Å². The van der Waals surface area contributed by atoms with E-state index in [9.17, 15) is 4.79 Å². The van der Waals surface area contributed by atoms with Crippen molar-refractivity contribution in [2.75, 3.05) is 6.54 Å². The molecule has 0 aromatic carbocycles. The van der Waals surface area contributed by atoms with Crippen molar-refractivity contribution in [2.24, 2.45) is 5.41 Å². The Morgan fingerprint density at radius 3 is 2.88 bits per heavy atom. The number of carbonyl (C=O) groups is 1. The SMILES string of the molecule is CC(C)(CCNCc1cnoc1)CCC(=O)O. The molecule has 1 aromatic heterocycles. The predicted octanol–water partition coefficient (Wildman–Crippen LogP) is 2.05. The second kappa shape index (κ2) is 6.39. The molecule has 0 fully saturated rings. The number of aliphatic carboxylic acids is 1. The number of hydrogen-bond acceptors (Lipinski definition) is 4. The summed E-state index contributed by atoms with van der Waals surface area (Å²) >= 11 is 0. The minimum atomic E-state index is -0.726. The van der Waals surface area contributed by atoms with E-state index in [2.05, 4.69) is 24.3 Å². The molecule has 0 amide bonds. The average Bonchev–Trinajstić information content (AvgIpc) is 2.75. The molecule has 2 N–H and O–H groups in total. The number of nitrogens with one attached hydrogen (secondary N) is 1. The van der Waals surface area contributed by atoms with E-state index in [1.54, 1.807) is 12.5 Å². The van der Waals surface area contributed by atoms with Gasteiger partial charge < -0.3 is 14.9 Å². The van der Waals surface area contributed by atoms with Crippen molar-refractivity contribution in [2.45, 2.75) is 39.7 Å². The summed E-state index contributed by atoms with van der Waals surface area (Å²) in [7, 11) is 0. The quantitative estimate of drug-likeness (QED) is 0.680. The van der Waals surface area contributed by atoms with Gasteiger partial charge in [0.05, 0.1) is 6.20 Å². The van der Waals surface area contributed by atoms with Crippen LogP contribution >= 0.6 is 0 Å². The summed E-state index contributed by atoms with van der Waals surface area (Å²) in [6, 6.07) is 0. The Bertz CT molecular complexity index is 334. The second-order valence-corrected chi connectivity index (χ2v) is 5.02. The van der Waals surface area contributed by atoms with Crippen LogP contribution in [0.2, 0.25) is 0 Å². The molecule has 1 aromatic rings. The van der Waals surface area contributed by atoms with Gasteiger partial charge in [0.25, 0.3) is 0 Å². The lowest BCUT2D eigenvalue weighted by molar-refractivity contribution is -0.137. The van der Waals surface area contributed by atoms with E-state index in [0.717, 1.165) is 25.1 Å². The van der Waals surface area contributed by atoms with E-state index in [-0.39, 0.29) is 11.8 Å². The highest BCUT2D eigenvalue weighted by Crippen LogP contribution is 2.25. The Kier molecular flexibility index (Phi) is 5.15. The fraction of sp³-hybridized carbons (Fsp3) is 0.667. The van der Waals surface area contributed by atoms with Gasteiger partial charge in [-0.05, 0) is 24.8 Å². The highest BCUT2D eigenvalue weighted by Gasteiger charge is 2.18. The smallest absolute Gasteiger partial charge is 0.303 e. The fourth-order valence-corrected chi connectivity index (χ4v) is 1.54. The van der Waals surface area contributed by atoms with E-state index >= 15 is 0 Å². The maximum Gasteiger partial charge on any atom is 0.303 e. The molecule has 0 atom stereocenters. The van der Waals surface area contributed by atoms with Crippen LogP contribution in [-0.2, 0) is 11.3 Å². The van der Waals surface area contributed by atoms with Crippen LogP contribution in [0.5, 0.6) is 0 Å². The van der Waals surface area contributed by atoms with Crippen LogP contribution in [0.3, 0.4) is 0 Å². The van der Waals surface area contributed by atoms with Gasteiger partial charge in [0.2, 0.25) is 0 Å². The molecule has 17 heavy (non-hydrogen) atoms. The Morgan fingerprint density at radius 1 is 1.53 bits per heavy atom. The van der Waals surface area contributed by atoms with Gasteiger partial charge in [-0.15, -0.1) is 0 Å². The molecule has 0 aliphatic rings. The van der Waals surface area contributed by atoms with Crippen LogP contribution in [0.15, 0.2) is 17.0 Å². The molecule has 96 valence electrons. The van der Waals surface area contributed by atoms with Crippen molar-refractivity contribution in [3.8, 4) is 0 Å². The van der Waals surface area contributed by atoms with Crippen LogP contribution in [-0.4, -0.2) is 22.8 Å². The van der Waals surface area contributed by atoms with Crippen molar-refractivity contribution in [3.05, 3.63) is 18.0 Å². The van der Waals surface area contributed by atoms with Crippen molar-refractivity contribution < 1.29 is 14.4 Å². The second-order valence-electron chi connectivity index (χ2n) is 5.02. The number of rotatable bonds is 8. The average molecular weight is 240 g/mol. The van der Waals surface area contributed by atoms with Gasteiger partial charge in [-0.3, -0.25) is 4.79 Å². The largest absolute Gasteiger partial charge is 0.481 e. The summed E-state index contributed by atoms with van der Waals surface area (Å²) < 4.78 is 4.72. The molecule has 0 aliphatic carbocycles. The zero-order chi connectivity index (χ0) is 12.7. The molecule has 0 saturated heterocycles. The van der Waals surface area contributed by atoms with E-state index < -0.39 is 5.97 Å². The zero-order valence-corrected chi connectivity index (χ0v) is 10.4. The Labute approximate surface area is 101 Å². The monoisotopic (exact) mass is 240 g/mol. The highest BCUT2D eigenvalue weighted by molar-refractivity contribution is 5.66. The molecule has 5 nitrogen and oxygen atoms in total. The summed E-state index contributed by atoms with van der Waals surface area (Å²) in [5, 5.41) is 15.5. The molecular formula is C12H20N2O3. The van der Waals surface area contributed by atoms with Crippen LogP contribution in [0.1, 0.15) is 38.7 Å².